The van der Waals surface area contributed by atoms with Gasteiger partial charge in [-0.05, 0) is 25.0 Å². The molecular formula is C26H35ClF2N10O4. The maximum absolute atomic E-state index is 14.1. The Morgan fingerprint density at radius 3 is 2.70 bits per heavy atom. The number of carbonyl (C=O) groups is 3. The molecule has 1 aromatic carbocycles. The Kier molecular flexibility index (Phi) is 11.1. The molecule has 2 aromatic rings. The molecule has 2 unspecified atom stereocenters. The zero-order valence-electron chi connectivity index (χ0n) is 23.6. The summed E-state index contributed by atoms with van der Waals surface area (Å²) in [7, 11) is 1.62. The van der Waals surface area contributed by atoms with E-state index in [1.165, 1.54) is 17.0 Å². The van der Waals surface area contributed by atoms with Gasteiger partial charge in [0.1, 0.15) is 11.9 Å². The van der Waals surface area contributed by atoms with Crippen molar-refractivity contribution >= 4 is 52.9 Å². The summed E-state index contributed by atoms with van der Waals surface area (Å²) in [6, 6.07) is 2.40. The van der Waals surface area contributed by atoms with Crippen LogP contribution in [0.1, 0.15) is 12.8 Å². The van der Waals surface area contributed by atoms with Crippen LogP contribution in [0.25, 0.3) is 0 Å². The molecule has 0 bridgehead atoms. The number of rotatable bonds is 13. The number of nitrogens with zero attached hydrogens (tertiary/aromatic N) is 5. The molecule has 3 atom stereocenters. The Balaban J connectivity index is 1.49. The lowest BCUT2D eigenvalue weighted by Crippen LogP contribution is -2.61. The number of hydrogen-bond donors (Lipinski definition) is 6. The summed E-state index contributed by atoms with van der Waals surface area (Å²) < 4.78 is 27.7. The predicted molar refractivity (Wildman–Crippen MR) is 156 cm³/mol. The predicted octanol–water partition coefficient (Wildman–Crippen LogP) is -0.0252. The number of piperazine rings is 1. The zero-order valence-corrected chi connectivity index (χ0v) is 24.3. The minimum absolute atomic E-state index is 0.0285. The summed E-state index contributed by atoms with van der Waals surface area (Å²) in [4.78, 5) is 54.2. The summed E-state index contributed by atoms with van der Waals surface area (Å²) in [5.74, 6) is -3.00. The van der Waals surface area contributed by atoms with Crippen molar-refractivity contribution in [1.82, 2.24) is 30.5 Å². The molecule has 4 rings (SSSR count). The molecule has 0 radical (unpaired) electrons. The first-order valence-corrected chi connectivity index (χ1v) is 14.4. The molecule has 2 saturated heterocycles. The van der Waals surface area contributed by atoms with Gasteiger partial charge in [0.05, 0.1) is 18.2 Å². The van der Waals surface area contributed by atoms with E-state index < -0.39 is 35.5 Å². The molecule has 3 amide bonds. The van der Waals surface area contributed by atoms with Gasteiger partial charge in [0.25, 0.3) is 0 Å². The van der Waals surface area contributed by atoms with E-state index in [-0.39, 0.29) is 80.4 Å². The Bertz CT molecular complexity index is 1310. The average Bonchev–Trinajstić information content (AvgIpc) is 3.43. The van der Waals surface area contributed by atoms with Gasteiger partial charge >= 0.3 is 0 Å². The number of amides is 3. The fourth-order valence-electron chi connectivity index (χ4n) is 4.87. The number of aliphatic hydroxyl groups excluding tert-OH is 1. The number of anilines is 4. The van der Waals surface area contributed by atoms with Crippen molar-refractivity contribution in [2.45, 2.75) is 24.9 Å². The van der Waals surface area contributed by atoms with Gasteiger partial charge in [0, 0.05) is 52.4 Å². The second-order valence-corrected chi connectivity index (χ2v) is 10.3. The quantitative estimate of drug-likeness (QED) is 0.165. The number of halogens is 3. The highest BCUT2D eigenvalue weighted by atomic mass is 35.5. The molecule has 2 aliphatic rings. The molecule has 6 N–H and O–H groups in total. The number of nitrogens with one attached hydrogen (secondary N) is 5. The topological polar surface area (TPSA) is 177 Å². The van der Waals surface area contributed by atoms with Gasteiger partial charge in [-0.1, -0.05) is 6.07 Å². The highest BCUT2D eigenvalue weighted by Gasteiger charge is 2.37. The lowest BCUT2D eigenvalue weighted by atomic mass is 10.1. The van der Waals surface area contributed by atoms with Gasteiger partial charge in [-0.15, -0.1) is 11.6 Å². The second kappa shape index (κ2) is 14.9. The summed E-state index contributed by atoms with van der Waals surface area (Å²) in [6.07, 6.45) is 0.845. The summed E-state index contributed by atoms with van der Waals surface area (Å²) >= 11 is 5.82. The standard InChI is InChI=1S/C26H35ClF2N10O4/c1-30-24-35-25(34-16(6-10-40)13-32-18-4-2-3-17(28)21(18)29)37-26(36-24)38-8-9-39(20(41)11-27)19(14-38)23(43)33-12-15-5-7-31-22(15)42/h2-4,15-16,19,32,40H,5-14H2,1H3,(H,31,42)(H,33,43)(H2,30,34,35,36,37)/t15?,16-,19?/m0/s1. The van der Waals surface area contributed by atoms with E-state index in [1.807, 2.05) is 0 Å². The number of benzene rings is 1. The van der Waals surface area contributed by atoms with E-state index in [9.17, 15) is 28.3 Å². The lowest BCUT2D eigenvalue weighted by molar-refractivity contribution is -0.139. The molecule has 43 heavy (non-hydrogen) atoms. The van der Waals surface area contributed by atoms with E-state index in [2.05, 4.69) is 41.5 Å². The van der Waals surface area contributed by atoms with Crippen molar-refractivity contribution in [3.05, 3.63) is 29.8 Å². The fourth-order valence-corrected chi connectivity index (χ4v) is 5.02. The maximum Gasteiger partial charge on any atom is 0.244 e. The van der Waals surface area contributed by atoms with Crippen molar-refractivity contribution in [2.75, 3.05) is 79.7 Å². The number of aliphatic hydroxyl groups is 1. The first-order valence-electron chi connectivity index (χ1n) is 13.9. The van der Waals surface area contributed by atoms with Crippen LogP contribution in [-0.4, -0.2) is 114 Å². The second-order valence-electron chi connectivity index (χ2n) is 10.1. The molecule has 2 fully saturated rings. The Morgan fingerprint density at radius 2 is 2.00 bits per heavy atom. The van der Waals surface area contributed by atoms with E-state index in [0.717, 1.165) is 6.07 Å². The zero-order chi connectivity index (χ0) is 30.9. The molecule has 17 heteroatoms. The third kappa shape index (κ3) is 8.07. The number of carbonyl (C=O) groups excluding carboxylic acids is 3. The molecule has 0 aliphatic carbocycles. The first kappa shape index (κ1) is 31.9. The number of alkyl halides is 1. The lowest BCUT2D eigenvalue weighted by Gasteiger charge is -2.40. The van der Waals surface area contributed by atoms with Gasteiger partial charge in [0.2, 0.25) is 35.6 Å². The molecular weight excluding hydrogens is 590 g/mol. The third-order valence-electron chi connectivity index (χ3n) is 7.23. The first-order chi connectivity index (χ1) is 20.7. The molecule has 0 saturated carbocycles. The molecule has 14 nitrogen and oxygen atoms in total. The Morgan fingerprint density at radius 1 is 1.21 bits per heavy atom. The summed E-state index contributed by atoms with van der Waals surface area (Å²) in [5, 5.41) is 23.9. The van der Waals surface area contributed by atoms with Gasteiger partial charge in [-0.2, -0.15) is 15.0 Å². The van der Waals surface area contributed by atoms with Crippen molar-refractivity contribution in [1.29, 1.82) is 0 Å². The summed E-state index contributed by atoms with van der Waals surface area (Å²) in [5.41, 5.74) is -0.0285. The van der Waals surface area contributed by atoms with Crippen molar-refractivity contribution in [3.63, 3.8) is 0 Å². The maximum atomic E-state index is 14.1. The van der Waals surface area contributed by atoms with Crippen LogP contribution >= 0.6 is 11.6 Å². The SMILES string of the molecule is CNc1nc(N[C@@H](CCO)CNc2cccc(F)c2F)nc(N2CCN(C(=O)CCl)C(C(=O)NCC3CCNC3=O)C2)n1. The molecule has 1 aromatic heterocycles. The van der Waals surface area contributed by atoms with Crippen LogP contribution in [0.15, 0.2) is 18.2 Å². The van der Waals surface area contributed by atoms with E-state index in [1.54, 1.807) is 11.9 Å². The monoisotopic (exact) mass is 624 g/mol. The van der Waals surface area contributed by atoms with Crippen LogP contribution in [0.2, 0.25) is 0 Å². The van der Waals surface area contributed by atoms with E-state index >= 15 is 0 Å². The Hall–Kier alpha value is -4.05. The molecule has 2 aliphatic heterocycles. The van der Waals surface area contributed by atoms with Crippen LogP contribution in [-0.2, 0) is 14.4 Å². The van der Waals surface area contributed by atoms with Crippen LogP contribution in [0.3, 0.4) is 0 Å². The van der Waals surface area contributed by atoms with E-state index in [0.29, 0.717) is 19.5 Å². The highest BCUT2D eigenvalue weighted by molar-refractivity contribution is 6.27. The van der Waals surface area contributed by atoms with Gasteiger partial charge in [-0.3, -0.25) is 14.4 Å². The summed E-state index contributed by atoms with van der Waals surface area (Å²) in [6.45, 7) is 1.13. The van der Waals surface area contributed by atoms with Gasteiger partial charge < -0.3 is 41.5 Å². The van der Waals surface area contributed by atoms with Crippen LogP contribution < -0.4 is 31.5 Å². The smallest absolute Gasteiger partial charge is 0.244 e. The molecule has 0 spiro atoms. The molecule has 234 valence electrons. The minimum atomic E-state index is -1.01. The van der Waals surface area contributed by atoms with Crippen LogP contribution in [0.5, 0.6) is 0 Å². The van der Waals surface area contributed by atoms with Crippen molar-refractivity contribution in [2.24, 2.45) is 5.92 Å². The van der Waals surface area contributed by atoms with E-state index in [4.69, 9.17) is 11.6 Å². The fraction of sp³-hybridized carbons (Fsp3) is 0.538. The van der Waals surface area contributed by atoms with Crippen molar-refractivity contribution < 1.29 is 28.3 Å². The number of aromatic nitrogens is 3. The third-order valence-corrected chi connectivity index (χ3v) is 7.46. The largest absolute Gasteiger partial charge is 0.396 e. The average molecular weight is 625 g/mol. The normalized spacial score (nSPS) is 19.0. The van der Waals surface area contributed by atoms with Crippen LogP contribution in [0, 0.1) is 17.6 Å². The Labute approximate surface area is 252 Å². The van der Waals surface area contributed by atoms with Gasteiger partial charge in [-0.25, -0.2) is 8.78 Å². The van der Waals surface area contributed by atoms with Crippen LogP contribution in [0.4, 0.5) is 32.3 Å². The van der Waals surface area contributed by atoms with Gasteiger partial charge in [0.15, 0.2) is 11.6 Å². The highest BCUT2D eigenvalue weighted by Crippen LogP contribution is 2.21. The number of hydrogen-bond acceptors (Lipinski definition) is 11. The minimum Gasteiger partial charge on any atom is -0.396 e. The molecule has 3 heterocycles. The van der Waals surface area contributed by atoms with Crippen molar-refractivity contribution in [3.8, 4) is 0 Å².